The molecule has 140 valence electrons. The molecule has 4 rings (SSSR count). The van der Waals surface area contributed by atoms with Crippen LogP contribution in [0.4, 0.5) is 11.6 Å². The van der Waals surface area contributed by atoms with Gasteiger partial charge in [-0.1, -0.05) is 6.07 Å². The maximum Gasteiger partial charge on any atom is 0.256 e. The number of carbonyl (C=O) groups is 1. The Bertz CT molecular complexity index is 985. The molecule has 1 amide bonds. The van der Waals surface area contributed by atoms with Gasteiger partial charge in [0.15, 0.2) is 0 Å². The minimum atomic E-state index is -0.138. The van der Waals surface area contributed by atoms with Gasteiger partial charge in [0.05, 0.1) is 0 Å². The molecular weight excluding hydrogens is 338 g/mol. The number of aromatic nitrogens is 2. The lowest BCUT2D eigenvalue weighted by Crippen LogP contribution is -2.45. The van der Waals surface area contributed by atoms with Crippen molar-refractivity contribution in [1.82, 2.24) is 14.5 Å². The van der Waals surface area contributed by atoms with E-state index in [2.05, 4.69) is 29.1 Å². The standard InChI is InChI=1S/C21H25N5O/c1-15-4-7-19(22-20(15)26-12-10-24(2)11-13-26)23-21(27)17-5-6-18-16(14-17)8-9-25(18)3/h4-9,14H,10-13H2,1-3H3,(H,22,23,27). The predicted octanol–water partition coefficient (Wildman–Crippen LogP) is 2.89. The van der Waals surface area contributed by atoms with Gasteiger partial charge < -0.3 is 19.7 Å². The average molecular weight is 363 g/mol. The summed E-state index contributed by atoms with van der Waals surface area (Å²) in [6.07, 6.45) is 2.00. The van der Waals surface area contributed by atoms with Crippen molar-refractivity contribution in [2.75, 3.05) is 43.4 Å². The lowest BCUT2D eigenvalue weighted by Gasteiger charge is -2.34. The summed E-state index contributed by atoms with van der Waals surface area (Å²) in [6.45, 7) is 6.01. The zero-order valence-electron chi connectivity index (χ0n) is 16.1. The van der Waals surface area contributed by atoms with Gasteiger partial charge in [-0.25, -0.2) is 4.98 Å². The number of amides is 1. The van der Waals surface area contributed by atoms with Crippen LogP contribution >= 0.6 is 0 Å². The molecule has 3 heterocycles. The number of nitrogens with zero attached hydrogens (tertiary/aromatic N) is 4. The molecule has 6 heteroatoms. The number of hydrogen-bond donors (Lipinski definition) is 1. The van der Waals surface area contributed by atoms with Gasteiger partial charge in [-0.3, -0.25) is 4.79 Å². The highest BCUT2D eigenvalue weighted by Gasteiger charge is 2.18. The summed E-state index contributed by atoms with van der Waals surface area (Å²) in [5.41, 5.74) is 2.87. The van der Waals surface area contributed by atoms with Gasteiger partial charge in [0.25, 0.3) is 5.91 Å². The second kappa shape index (κ2) is 7.04. The van der Waals surface area contributed by atoms with Gasteiger partial charge >= 0.3 is 0 Å². The van der Waals surface area contributed by atoms with Crippen LogP contribution in [0.1, 0.15) is 15.9 Å². The van der Waals surface area contributed by atoms with E-state index >= 15 is 0 Å². The molecule has 2 aromatic heterocycles. The molecule has 27 heavy (non-hydrogen) atoms. The van der Waals surface area contributed by atoms with E-state index in [0.717, 1.165) is 48.5 Å². The fraction of sp³-hybridized carbons (Fsp3) is 0.333. The van der Waals surface area contributed by atoms with Crippen LogP contribution in [-0.2, 0) is 7.05 Å². The van der Waals surface area contributed by atoms with Gasteiger partial charge in [-0.05, 0) is 49.9 Å². The molecule has 0 aliphatic carbocycles. The van der Waals surface area contributed by atoms with Crippen molar-refractivity contribution in [1.29, 1.82) is 0 Å². The highest BCUT2D eigenvalue weighted by molar-refractivity contribution is 6.06. The number of fused-ring (bicyclic) bond motifs is 1. The maximum atomic E-state index is 12.7. The highest BCUT2D eigenvalue weighted by Crippen LogP contribution is 2.22. The topological polar surface area (TPSA) is 53.4 Å². The number of hydrogen-bond acceptors (Lipinski definition) is 4. The molecule has 3 aromatic rings. The summed E-state index contributed by atoms with van der Waals surface area (Å²) in [4.78, 5) is 22.0. The Labute approximate surface area is 159 Å². The van der Waals surface area contributed by atoms with Crippen molar-refractivity contribution in [3.05, 3.63) is 53.7 Å². The Morgan fingerprint density at radius 2 is 1.81 bits per heavy atom. The highest BCUT2D eigenvalue weighted by atomic mass is 16.1. The van der Waals surface area contributed by atoms with E-state index in [9.17, 15) is 4.79 Å². The summed E-state index contributed by atoms with van der Waals surface area (Å²) in [6, 6.07) is 11.7. The second-order valence-electron chi connectivity index (χ2n) is 7.28. The maximum absolute atomic E-state index is 12.7. The van der Waals surface area contributed by atoms with Crippen LogP contribution < -0.4 is 10.2 Å². The molecule has 1 aliphatic rings. The molecule has 0 unspecified atom stereocenters. The second-order valence-corrected chi connectivity index (χ2v) is 7.28. The normalized spacial score (nSPS) is 15.3. The van der Waals surface area contributed by atoms with Crippen LogP contribution in [0.25, 0.3) is 10.9 Å². The van der Waals surface area contributed by atoms with Crippen molar-refractivity contribution in [3.63, 3.8) is 0 Å². The van der Waals surface area contributed by atoms with Gasteiger partial charge in [-0.15, -0.1) is 0 Å². The van der Waals surface area contributed by atoms with E-state index in [1.54, 1.807) is 0 Å². The van der Waals surface area contributed by atoms with Crippen LogP contribution in [0.15, 0.2) is 42.6 Å². The summed E-state index contributed by atoms with van der Waals surface area (Å²) in [7, 11) is 4.13. The van der Waals surface area contributed by atoms with Gasteiger partial charge in [0.1, 0.15) is 11.6 Å². The molecule has 1 aromatic carbocycles. The number of carbonyl (C=O) groups excluding carboxylic acids is 1. The Morgan fingerprint density at radius 3 is 2.59 bits per heavy atom. The van der Waals surface area contributed by atoms with E-state index in [1.807, 2.05) is 54.2 Å². The monoisotopic (exact) mass is 363 g/mol. The van der Waals surface area contributed by atoms with Crippen molar-refractivity contribution in [2.24, 2.45) is 7.05 Å². The number of benzene rings is 1. The van der Waals surface area contributed by atoms with Crippen LogP contribution in [0.2, 0.25) is 0 Å². The Balaban J connectivity index is 1.54. The fourth-order valence-electron chi connectivity index (χ4n) is 3.54. The molecule has 0 atom stereocenters. The van der Waals surface area contributed by atoms with Crippen molar-refractivity contribution >= 4 is 28.4 Å². The molecular formula is C21H25N5O. The number of likely N-dealkylation sites (N-methyl/N-ethyl adjacent to an activating group) is 1. The summed E-state index contributed by atoms with van der Waals surface area (Å²) >= 11 is 0. The van der Waals surface area contributed by atoms with E-state index in [1.165, 1.54) is 0 Å². The van der Waals surface area contributed by atoms with Crippen molar-refractivity contribution < 1.29 is 4.79 Å². The molecule has 0 saturated carbocycles. The third-order valence-corrected chi connectivity index (χ3v) is 5.26. The molecule has 1 aliphatic heterocycles. The lowest BCUT2D eigenvalue weighted by molar-refractivity contribution is 0.102. The first-order valence-electron chi connectivity index (χ1n) is 9.29. The van der Waals surface area contributed by atoms with Crippen molar-refractivity contribution in [3.8, 4) is 0 Å². The predicted molar refractivity (Wildman–Crippen MR) is 110 cm³/mol. The first-order chi connectivity index (χ1) is 13.0. The third kappa shape index (κ3) is 3.53. The van der Waals surface area contributed by atoms with E-state index < -0.39 is 0 Å². The first-order valence-corrected chi connectivity index (χ1v) is 9.29. The Morgan fingerprint density at radius 1 is 1.04 bits per heavy atom. The minimum absolute atomic E-state index is 0.138. The molecule has 0 radical (unpaired) electrons. The average Bonchev–Trinajstić information content (AvgIpc) is 3.04. The zero-order chi connectivity index (χ0) is 19.0. The van der Waals surface area contributed by atoms with Crippen LogP contribution in [0, 0.1) is 6.92 Å². The molecule has 6 nitrogen and oxygen atoms in total. The van der Waals surface area contributed by atoms with E-state index in [4.69, 9.17) is 4.98 Å². The van der Waals surface area contributed by atoms with Gasteiger partial charge in [-0.2, -0.15) is 0 Å². The Kier molecular flexibility index (Phi) is 4.58. The SMILES string of the molecule is Cc1ccc(NC(=O)c2ccc3c(ccn3C)c2)nc1N1CCN(C)CC1. The fourth-order valence-corrected chi connectivity index (χ4v) is 3.54. The summed E-state index contributed by atoms with van der Waals surface area (Å²) in [5.74, 6) is 1.41. The quantitative estimate of drug-likeness (QED) is 0.777. The van der Waals surface area contributed by atoms with E-state index in [-0.39, 0.29) is 5.91 Å². The molecule has 0 bridgehead atoms. The molecule has 1 fully saturated rings. The number of pyridine rings is 1. The minimum Gasteiger partial charge on any atom is -0.354 e. The largest absolute Gasteiger partial charge is 0.354 e. The first kappa shape index (κ1) is 17.5. The molecule has 1 saturated heterocycles. The third-order valence-electron chi connectivity index (χ3n) is 5.26. The van der Waals surface area contributed by atoms with E-state index in [0.29, 0.717) is 11.4 Å². The number of nitrogens with one attached hydrogen (secondary N) is 1. The molecule has 1 N–H and O–H groups in total. The summed E-state index contributed by atoms with van der Waals surface area (Å²) < 4.78 is 2.04. The zero-order valence-corrected chi connectivity index (χ0v) is 16.1. The smallest absolute Gasteiger partial charge is 0.256 e. The number of rotatable bonds is 3. The lowest BCUT2D eigenvalue weighted by atomic mass is 10.1. The number of piperazine rings is 1. The Hall–Kier alpha value is -2.86. The van der Waals surface area contributed by atoms with Gasteiger partial charge in [0, 0.05) is 55.9 Å². The van der Waals surface area contributed by atoms with Crippen LogP contribution in [-0.4, -0.2) is 53.6 Å². The van der Waals surface area contributed by atoms with Crippen molar-refractivity contribution in [2.45, 2.75) is 6.92 Å². The van der Waals surface area contributed by atoms with Crippen LogP contribution in [0.5, 0.6) is 0 Å². The number of anilines is 2. The molecule has 0 spiro atoms. The van der Waals surface area contributed by atoms with Gasteiger partial charge in [0.2, 0.25) is 0 Å². The number of aryl methyl sites for hydroxylation is 2. The van der Waals surface area contributed by atoms with Crippen LogP contribution in [0.3, 0.4) is 0 Å². The summed E-state index contributed by atoms with van der Waals surface area (Å²) in [5, 5.41) is 4.01.